The molecule has 0 radical (unpaired) electrons. The molecule has 21 heavy (non-hydrogen) atoms. The molecule has 10 heteroatoms. The predicted molar refractivity (Wildman–Crippen MR) is 73.7 cm³/mol. The minimum Gasteiger partial charge on any atom is -0.455 e. The third-order valence-electron chi connectivity index (χ3n) is 2.09. The molecule has 0 aliphatic carbocycles. The first kappa shape index (κ1) is 17.1. The molecule has 2 N–H and O–H groups in total. The van der Waals surface area contributed by atoms with Crippen LogP contribution < -0.4 is 10.0 Å². The van der Waals surface area contributed by atoms with E-state index in [1.54, 1.807) is 11.4 Å². The summed E-state index contributed by atoms with van der Waals surface area (Å²) in [6, 6.07) is 4.82. The van der Waals surface area contributed by atoms with Gasteiger partial charge >= 0.3 is 5.97 Å². The van der Waals surface area contributed by atoms with Gasteiger partial charge in [-0.25, -0.2) is 8.42 Å². The molecule has 114 valence electrons. The third kappa shape index (κ3) is 6.35. The quantitative estimate of drug-likeness (QED) is 0.493. The summed E-state index contributed by atoms with van der Waals surface area (Å²) in [5.74, 6) is -1.43. The van der Waals surface area contributed by atoms with Gasteiger partial charge in [-0.1, -0.05) is 6.07 Å². The Hall–Kier alpha value is -1.96. The Labute approximate surface area is 125 Å². The minimum atomic E-state index is -3.74. The summed E-state index contributed by atoms with van der Waals surface area (Å²) >= 11 is 1.02. The summed E-state index contributed by atoms with van der Waals surface area (Å²) in [5.41, 5.74) is 0. The highest BCUT2D eigenvalue weighted by Crippen LogP contribution is 2.14. The monoisotopic (exact) mass is 331 g/mol. The zero-order valence-electron chi connectivity index (χ0n) is 10.9. The van der Waals surface area contributed by atoms with E-state index in [1.807, 2.05) is 6.07 Å². The largest absolute Gasteiger partial charge is 0.455 e. The van der Waals surface area contributed by atoms with Gasteiger partial charge in [0.2, 0.25) is 0 Å². The summed E-state index contributed by atoms with van der Waals surface area (Å²) in [7, 11) is -3.74. The number of amides is 1. The molecule has 0 fully saturated rings. The molecule has 1 rings (SSSR count). The number of nitrogens with one attached hydrogen (secondary N) is 2. The standard InChI is InChI=1S/C11H13N3O5S2/c12-4-2-5-13-9(15)8-19-10(16)7-14-21(17,18)11-3-1-6-20-11/h1,3,6,14H,2,5,7-8H2,(H,13,15). The number of nitriles is 1. The normalized spacial score (nSPS) is 10.6. The topological polar surface area (TPSA) is 125 Å². The van der Waals surface area contributed by atoms with E-state index in [0.29, 0.717) is 0 Å². The first-order valence-corrected chi connectivity index (χ1v) is 8.14. The first-order valence-electron chi connectivity index (χ1n) is 5.78. The molecule has 0 spiro atoms. The lowest BCUT2D eigenvalue weighted by Gasteiger charge is -2.06. The van der Waals surface area contributed by atoms with E-state index in [9.17, 15) is 18.0 Å². The van der Waals surface area contributed by atoms with Crippen molar-refractivity contribution >= 4 is 33.2 Å². The van der Waals surface area contributed by atoms with Gasteiger partial charge in [0, 0.05) is 6.54 Å². The van der Waals surface area contributed by atoms with Crippen LogP contribution in [0, 0.1) is 11.3 Å². The smallest absolute Gasteiger partial charge is 0.321 e. The Morgan fingerprint density at radius 2 is 2.19 bits per heavy atom. The molecule has 0 atom stereocenters. The van der Waals surface area contributed by atoms with Crippen molar-refractivity contribution in [2.45, 2.75) is 10.6 Å². The van der Waals surface area contributed by atoms with Crippen LogP contribution in [-0.2, 0) is 24.3 Å². The van der Waals surface area contributed by atoms with Crippen molar-refractivity contribution in [3.63, 3.8) is 0 Å². The number of carbonyl (C=O) groups excluding carboxylic acids is 2. The van der Waals surface area contributed by atoms with E-state index >= 15 is 0 Å². The molecule has 1 aromatic heterocycles. The van der Waals surface area contributed by atoms with Crippen LogP contribution >= 0.6 is 11.3 Å². The van der Waals surface area contributed by atoms with E-state index in [4.69, 9.17) is 5.26 Å². The van der Waals surface area contributed by atoms with Crippen molar-refractivity contribution in [1.82, 2.24) is 10.0 Å². The number of carbonyl (C=O) groups is 2. The summed E-state index contributed by atoms with van der Waals surface area (Å²) in [5, 5.41) is 12.2. The number of sulfonamides is 1. The van der Waals surface area contributed by atoms with Crippen molar-refractivity contribution in [3.05, 3.63) is 17.5 Å². The van der Waals surface area contributed by atoms with Gasteiger partial charge < -0.3 is 10.1 Å². The lowest BCUT2D eigenvalue weighted by Crippen LogP contribution is -2.34. The fraction of sp³-hybridized carbons (Fsp3) is 0.364. The highest BCUT2D eigenvalue weighted by molar-refractivity contribution is 7.91. The molecule has 0 saturated carbocycles. The SMILES string of the molecule is N#CCCNC(=O)COC(=O)CNS(=O)(=O)c1cccs1. The summed E-state index contributed by atoms with van der Waals surface area (Å²) in [6.07, 6.45) is 0.153. The fourth-order valence-electron chi connectivity index (χ4n) is 1.15. The summed E-state index contributed by atoms with van der Waals surface area (Å²) in [6.45, 7) is -0.922. The Kier molecular flexibility index (Phi) is 6.80. The number of hydrogen-bond acceptors (Lipinski definition) is 7. The van der Waals surface area contributed by atoms with E-state index < -0.39 is 35.1 Å². The molecule has 0 aliphatic rings. The number of esters is 1. The van der Waals surface area contributed by atoms with Crippen LogP contribution in [-0.4, -0.2) is 40.0 Å². The lowest BCUT2D eigenvalue weighted by molar-refractivity contribution is -0.147. The van der Waals surface area contributed by atoms with Gasteiger partial charge in [0.15, 0.2) is 6.61 Å². The fourth-order valence-corrected chi connectivity index (χ4v) is 3.15. The number of hydrogen-bond donors (Lipinski definition) is 2. The summed E-state index contributed by atoms with van der Waals surface area (Å²) in [4.78, 5) is 22.5. The van der Waals surface area contributed by atoms with Crippen molar-refractivity contribution in [3.8, 4) is 6.07 Å². The van der Waals surface area contributed by atoms with Crippen LogP contribution in [0.2, 0.25) is 0 Å². The van der Waals surface area contributed by atoms with Gasteiger partial charge in [-0.2, -0.15) is 9.98 Å². The Bertz CT molecular complexity index is 619. The van der Waals surface area contributed by atoms with E-state index in [2.05, 4.69) is 14.8 Å². The highest BCUT2D eigenvalue weighted by Gasteiger charge is 2.17. The molecule has 0 saturated heterocycles. The summed E-state index contributed by atoms with van der Waals surface area (Å²) < 4.78 is 30.1. The molecular weight excluding hydrogens is 318 g/mol. The number of rotatable bonds is 8. The van der Waals surface area contributed by atoms with E-state index in [-0.39, 0.29) is 17.2 Å². The second-order valence-corrected chi connectivity index (χ2v) is 6.62. The second kappa shape index (κ2) is 8.35. The van der Waals surface area contributed by atoms with E-state index in [0.717, 1.165) is 11.3 Å². The molecular formula is C11H13N3O5S2. The van der Waals surface area contributed by atoms with Gasteiger partial charge in [-0.15, -0.1) is 11.3 Å². The maximum atomic E-state index is 11.7. The maximum absolute atomic E-state index is 11.7. The van der Waals surface area contributed by atoms with Crippen molar-refractivity contribution in [1.29, 1.82) is 5.26 Å². The van der Waals surface area contributed by atoms with Crippen molar-refractivity contribution in [2.24, 2.45) is 0 Å². The Balaban J connectivity index is 2.29. The molecule has 1 heterocycles. The third-order valence-corrected chi connectivity index (χ3v) is 4.89. The Morgan fingerprint density at radius 3 is 2.81 bits per heavy atom. The molecule has 1 aromatic rings. The number of nitrogens with zero attached hydrogens (tertiary/aromatic N) is 1. The zero-order valence-corrected chi connectivity index (χ0v) is 12.5. The van der Waals surface area contributed by atoms with Gasteiger partial charge in [0.05, 0.1) is 12.5 Å². The predicted octanol–water partition coefficient (Wildman–Crippen LogP) is -0.401. The Morgan fingerprint density at radius 1 is 1.43 bits per heavy atom. The van der Waals surface area contributed by atoms with Gasteiger partial charge in [-0.3, -0.25) is 9.59 Å². The van der Waals surface area contributed by atoms with Crippen LogP contribution in [0.1, 0.15) is 6.42 Å². The maximum Gasteiger partial charge on any atom is 0.321 e. The average molecular weight is 331 g/mol. The molecule has 0 aromatic carbocycles. The number of ether oxygens (including phenoxy) is 1. The molecule has 8 nitrogen and oxygen atoms in total. The van der Waals surface area contributed by atoms with Crippen LogP contribution in [0.25, 0.3) is 0 Å². The van der Waals surface area contributed by atoms with Crippen molar-refractivity contribution in [2.75, 3.05) is 19.7 Å². The van der Waals surface area contributed by atoms with Crippen LogP contribution in [0.15, 0.2) is 21.7 Å². The molecule has 0 unspecified atom stereocenters. The van der Waals surface area contributed by atoms with Crippen molar-refractivity contribution < 1.29 is 22.7 Å². The minimum absolute atomic E-state index is 0.0875. The van der Waals surface area contributed by atoms with Crippen LogP contribution in [0.3, 0.4) is 0 Å². The molecule has 0 bridgehead atoms. The van der Waals surface area contributed by atoms with Gasteiger partial charge in [0.25, 0.3) is 15.9 Å². The number of thiophene rings is 1. The average Bonchev–Trinajstić information content (AvgIpc) is 2.98. The van der Waals surface area contributed by atoms with Gasteiger partial charge in [-0.05, 0) is 11.4 Å². The first-order chi connectivity index (χ1) is 9.95. The molecule has 1 amide bonds. The highest BCUT2D eigenvalue weighted by atomic mass is 32.2. The second-order valence-electron chi connectivity index (χ2n) is 3.68. The zero-order chi connectivity index (χ0) is 15.7. The van der Waals surface area contributed by atoms with Gasteiger partial charge in [0.1, 0.15) is 10.8 Å². The van der Waals surface area contributed by atoms with Crippen LogP contribution in [0.5, 0.6) is 0 Å². The lowest BCUT2D eigenvalue weighted by atomic mass is 10.4. The van der Waals surface area contributed by atoms with E-state index in [1.165, 1.54) is 6.07 Å². The molecule has 0 aliphatic heterocycles. The van der Waals surface area contributed by atoms with Crippen LogP contribution in [0.4, 0.5) is 0 Å².